The Morgan fingerprint density at radius 1 is 1.39 bits per heavy atom. The molecule has 1 aliphatic carbocycles. The standard InChI is InChI=1S/C13H17NO3S/c1-2-13(7-3-4-8-13)12(17)14-10-6-5-9(18-10)11(15)16/h5-6H,2-4,7-8H2,1H3,(H,14,17)(H,15,16). The van der Waals surface area contributed by atoms with Crippen molar-refractivity contribution in [2.75, 3.05) is 5.32 Å². The predicted molar refractivity (Wildman–Crippen MR) is 71.1 cm³/mol. The van der Waals surface area contributed by atoms with Crippen molar-refractivity contribution in [3.63, 3.8) is 0 Å². The van der Waals surface area contributed by atoms with Gasteiger partial charge in [-0.05, 0) is 31.4 Å². The summed E-state index contributed by atoms with van der Waals surface area (Å²) in [5, 5.41) is 12.3. The van der Waals surface area contributed by atoms with Crippen LogP contribution in [0.15, 0.2) is 12.1 Å². The molecular weight excluding hydrogens is 250 g/mol. The number of carbonyl (C=O) groups is 2. The molecular formula is C13H17NO3S. The number of carboxylic acid groups (broad SMARTS) is 1. The Morgan fingerprint density at radius 3 is 2.56 bits per heavy atom. The number of amides is 1. The molecule has 98 valence electrons. The molecule has 1 fully saturated rings. The number of aromatic carboxylic acids is 1. The van der Waals surface area contributed by atoms with Gasteiger partial charge in [-0.25, -0.2) is 4.79 Å². The Labute approximate surface area is 110 Å². The first kappa shape index (κ1) is 13.1. The molecule has 1 amide bonds. The number of hydrogen-bond acceptors (Lipinski definition) is 3. The fourth-order valence-corrected chi connectivity index (χ4v) is 3.30. The van der Waals surface area contributed by atoms with Gasteiger partial charge in [0, 0.05) is 5.41 Å². The predicted octanol–water partition coefficient (Wildman–Crippen LogP) is 3.36. The fourth-order valence-electron chi connectivity index (χ4n) is 2.56. The van der Waals surface area contributed by atoms with Crippen molar-refractivity contribution in [3.05, 3.63) is 17.0 Å². The summed E-state index contributed by atoms with van der Waals surface area (Å²) in [5.74, 6) is -0.909. The summed E-state index contributed by atoms with van der Waals surface area (Å²) in [7, 11) is 0. The van der Waals surface area contributed by atoms with Crippen LogP contribution in [0.3, 0.4) is 0 Å². The van der Waals surface area contributed by atoms with Crippen LogP contribution in [0, 0.1) is 5.41 Å². The summed E-state index contributed by atoms with van der Waals surface area (Å²) in [6.45, 7) is 2.04. The maximum Gasteiger partial charge on any atom is 0.345 e. The largest absolute Gasteiger partial charge is 0.477 e. The van der Waals surface area contributed by atoms with E-state index in [4.69, 9.17) is 5.11 Å². The second kappa shape index (κ2) is 5.10. The normalized spacial score (nSPS) is 17.6. The maximum absolute atomic E-state index is 12.3. The first-order chi connectivity index (χ1) is 8.57. The highest BCUT2D eigenvalue weighted by Crippen LogP contribution is 2.42. The van der Waals surface area contributed by atoms with E-state index in [-0.39, 0.29) is 16.2 Å². The number of thiophene rings is 1. The van der Waals surface area contributed by atoms with Crippen molar-refractivity contribution in [2.24, 2.45) is 5.41 Å². The van der Waals surface area contributed by atoms with Gasteiger partial charge in [-0.2, -0.15) is 0 Å². The lowest BCUT2D eigenvalue weighted by atomic mass is 9.82. The zero-order valence-electron chi connectivity index (χ0n) is 10.4. The zero-order chi connectivity index (χ0) is 13.2. The minimum Gasteiger partial charge on any atom is -0.477 e. The van der Waals surface area contributed by atoms with Gasteiger partial charge in [0.2, 0.25) is 5.91 Å². The van der Waals surface area contributed by atoms with Gasteiger partial charge in [-0.3, -0.25) is 4.79 Å². The van der Waals surface area contributed by atoms with Crippen LogP contribution < -0.4 is 5.32 Å². The third kappa shape index (κ3) is 2.41. The van der Waals surface area contributed by atoms with Crippen LogP contribution in [0.25, 0.3) is 0 Å². The van der Waals surface area contributed by atoms with E-state index in [0.717, 1.165) is 43.4 Å². The summed E-state index contributed by atoms with van der Waals surface area (Å²) in [5.41, 5.74) is -0.243. The molecule has 1 heterocycles. The average Bonchev–Trinajstić information content (AvgIpc) is 2.97. The van der Waals surface area contributed by atoms with Crippen LogP contribution >= 0.6 is 11.3 Å². The summed E-state index contributed by atoms with van der Waals surface area (Å²) in [6, 6.07) is 3.18. The summed E-state index contributed by atoms with van der Waals surface area (Å²) in [4.78, 5) is 23.3. The summed E-state index contributed by atoms with van der Waals surface area (Å²) >= 11 is 1.11. The second-order valence-corrected chi connectivity index (χ2v) is 5.85. The first-order valence-corrected chi connectivity index (χ1v) is 7.04. The second-order valence-electron chi connectivity index (χ2n) is 4.76. The molecule has 0 bridgehead atoms. The van der Waals surface area contributed by atoms with Crippen LogP contribution in [0.2, 0.25) is 0 Å². The number of nitrogens with one attached hydrogen (secondary N) is 1. The van der Waals surface area contributed by atoms with E-state index in [2.05, 4.69) is 5.32 Å². The molecule has 1 aromatic heterocycles. The van der Waals surface area contributed by atoms with Crippen LogP contribution in [0.4, 0.5) is 5.00 Å². The SMILES string of the molecule is CCC1(C(=O)Nc2ccc(C(=O)O)s2)CCCC1. The van der Waals surface area contributed by atoms with E-state index in [1.807, 2.05) is 6.92 Å². The van der Waals surface area contributed by atoms with Crippen molar-refractivity contribution in [3.8, 4) is 0 Å². The van der Waals surface area contributed by atoms with Crippen molar-refractivity contribution >= 4 is 28.2 Å². The van der Waals surface area contributed by atoms with Crippen molar-refractivity contribution in [2.45, 2.75) is 39.0 Å². The third-order valence-electron chi connectivity index (χ3n) is 3.77. The Balaban J connectivity index is 2.08. The first-order valence-electron chi connectivity index (χ1n) is 6.22. The molecule has 1 aromatic rings. The lowest BCUT2D eigenvalue weighted by Gasteiger charge is -2.25. The van der Waals surface area contributed by atoms with Gasteiger partial charge < -0.3 is 10.4 Å². The van der Waals surface area contributed by atoms with Crippen LogP contribution in [-0.2, 0) is 4.79 Å². The van der Waals surface area contributed by atoms with E-state index in [0.29, 0.717) is 5.00 Å². The van der Waals surface area contributed by atoms with Gasteiger partial charge in [0.05, 0.1) is 5.00 Å². The molecule has 4 nitrogen and oxygen atoms in total. The fraction of sp³-hybridized carbons (Fsp3) is 0.538. The molecule has 2 N–H and O–H groups in total. The van der Waals surface area contributed by atoms with E-state index in [9.17, 15) is 9.59 Å². The minimum atomic E-state index is -0.952. The lowest BCUT2D eigenvalue weighted by molar-refractivity contribution is -0.125. The molecule has 0 aromatic carbocycles. The maximum atomic E-state index is 12.3. The Kier molecular flexibility index (Phi) is 3.71. The van der Waals surface area contributed by atoms with E-state index in [1.54, 1.807) is 6.07 Å². The smallest absolute Gasteiger partial charge is 0.345 e. The van der Waals surface area contributed by atoms with Crippen LogP contribution in [-0.4, -0.2) is 17.0 Å². The topological polar surface area (TPSA) is 66.4 Å². The van der Waals surface area contributed by atoms with Crippen molar-refractivity contribution < 1.29 is 14.7 Å². The number of anilines is 1. The minimum absolute atomic E-state index is 0.0429. The molecule has 0 aliphatic heterocycles. The lowest BCUT2D eigenvalue weighted by Crippen LogP contribution is -2.32. The monoisotopic (exact) mass is 267 g/mol. The van der Waals surface area contributed by atoms with E-state index < -0.39 is 5.97 Å². The van der Waals surface area contributed by atoms with Gasteiger partial charge in [0.25, 0.3) is 0 Å². The number of carbonyl (C=O) groups excluding carboxylic acids is 1. The third-order valence-corrected chi connectivity index (χ3v) is 4.76. The molecule has 1 aliphatic rings. The quantitative estimate of drug-likeness (QED) is 0.879. The zero-order valence-corrected chi connectivity index (χ0v) is 11.2. The van der Waals surface area contributed by atoms with Crippen molar-refractivity contribution in [1.29, 1.82) is 0 Å². The number of hydrogen-bond donors (Lipinski definition) is 2. The number of rotatable bonds is 4. The Morgan fingerprint density at radius 2 is 2.06 bits per heavy atom. The molecule has 0 saturated heterocycles. The van der Waals surface area contributed by atoms with Gasteiger partial charge >= 0.3 is 5.97 Å². The van der Waals surface area contributed by atoms with Crippen molar-refractivity contribution in [1.82, 2.24) is 0 Å². The highest BCUT2D eigenvalue weighted by atomic mass is 32.1. The molecule has 2 rings (SSSR count). The Bertz CT molecular complexity index is 461. The number of carboxylic acids is 1. The van der Waals surface area contributed by atoms with E-state index in [1.165, 1.54) is 6.07 Å². The highest BCUT2D eigenvalue weighted by molar-refractivity contribution is 7.18. The summed E-state index contributed by atoms with van der Waals surface area (Å²) < 4.78 is 0. The van der Waals surface area contributed by atoms with Crippen LogP contribution in [0.5, 0.6) is 0 Å². The van der Waals surface area contributed by atoms with E-state index >= 15 is 0 Å². The molecule has 0 radical (unpaired) electrons. The molecule has 0 unspecified atom stereocenters. The molecule has 0 spiro atoms. The molecule has 5 heteroatoms. The van der Waals surface area contributed by atoms with Gasteiger partial charge in [0.1, 0.15) is 4.88 Å². The highest BCUT2D eigenvalue weighted by Gasteiger charge is 2.39. The average molecular weight is 267 g/mol. The van der Waals surface area contributed by atoms with Crippen LogP contribution in [0.1, 0.15) is 48.7 Å². The molecule has 18 heavy (non-hydrogen) atoms. The molecule has 0 atom stereocenters. The van der Waals surface area contributed by atoms with Gasteiger partial charge in [-0.15, -0.1) is 11.3 Å². The summed E-state index contributed by atoms with van der Waals surface area (Å²) in [6.07, 6.45) is 4.92. The molecule has 1 saturated carbocycles. The van der Waals surface area contributed by atoms with Gasteiger partial charge in [-0.1, -0.05) is 19.8 Å². The Hall–Kier alpha value is -1.36. The van der Waals surface area contributed by atoms with Gasteiger partial charge in [0.15, 0.2) is 0 Å².